The third-order valence-electron chi connectivity index (χ3n) is 4.97. The number of pyridine rings is 1. The summed E-state index contributed by atoms with van der Waals surface area (Å²) in [6, 6.07) is 15.4. The molecule has 0 radical (unpaired) electrons. The standard InChI is InChI=1S/C24H23F3N2O/c1-3-5-16(2)19-12-13-22(28-15-19)17-8-10-18(11-9-17)23(30)29-21-7-4-6-20(14-21)24(25,26)27/h4,6-16H,3,5H2,1-2H3,(H,29,30). The minimum absolute atomic E-state index is 0.0948. The van der Waals surface area contributed by atoms with Gasteiger partial charge in [0.2, 0.25) is 0 Å². The molecule has 0 bridgehead atoms. The van der Waals surface area contributed by atoms with Crippen LogP contribution >= 0.6 is 0 Å². The van der Waals surface area contributed by atoms with Crippen LogP contribution < -0.4 is 5.32 Å². The first-order valence-corrected chi connectivity index (χ1v) is 9.83. The van der Waals surface area contributed by atoms with Crippen LogP contribution in [0.5, 0.6) is 0 Å². The van der Waals surface area contributed by atoms with Gasteiger partial charge in [-0.15, -0.1) is 0 Å². The topological polar surface area (TPSA) is 42.0 Å². The molecule has 3 aromatic rings. The van der Waals surface area contributed by atoms with E-state index in [2.05, 4.69) is 30.2 Å². The van der Waals surface area contributed by atoms with E-state index < -0.39 is 17.6 Å². The Kier molecular flexibility index (Phi) is 6.55. The quantitative estimate of drug-likeness (QED) is 0.477. The summed E-state index contributed by atoms with van der Waals surface area (Å²) in [5, 5.41) is 2.51. The zero-order valence-corrected chi connectivity index (χ0v) is 16.8. The highest BCUT2D eigenvalue weighted by atomic mass is 19.4. The van der Waals surface area contributed by atoms with Crippen molar-refractivity contribution in [2.24, 2.45) is 0 Å². The molecule has 1 heterocycles. The third kappa shape index (κ3) is 5.26. The number of alkyl halides is 3. The molecular weight excluding hydrogens is 389 g/mol. The number of nitrogens with one attached hydrogen (secondary N) is 1. The van der Waals surface area contributed by atoms with E-state index in [-0.39, 0.29) is 5.69 Å². The summed E-state index contributed by atoms with van der Waals surface area (Å²) in [5.74, 6) is -0.0176. The second-order valence-electron chi connectivity index (χ2n) is 7.28. The molecule has 1 amide bonds. The van der Waals surface area contributed by atoms with E-state index in [0.29, 0.717) is 11.5 Å². The zero-order chi connectivity index (χ0) is 21.7. The molecule has 0 aliphatic carbocycles. The first kappa shape index (κ1) is 21.6. The lowest BCUT2D eigenvalue weighted by Gasteiger charge is -2.11. The van der Waals surface area contributed by atoms with E-state index in [1.54, 1.807) is 24.3 Å². The summed E-state index contributed by atoms with van der Waals surface area (Å²) in [4.78, 5) is 16.9. The number of hydrogen-bond acceptors (Lipinski definition) is 2. The van der Waals surface area contributed by atoms with Gasteiger partial charge in [0, 0.05) is 23.0 Å². The maximum Gasteiger partial charge on any atom is 0.416 e. The van der Waals surface area contributed by atoms with E-state index in [0.717, 1.165) is 36.2 Å². The number of halogens is 3. The number of nitrogens with zero attached hydrogens (tertiary/aromatic N) is 1. The van der Waals surface area contributed by atoms with Gasteiger partial charge in [-0.25, -0.2) is 0 Å². The van der Waals surface area contributed by atoms with Crippen LogP contribution in [0.3, 0.4) is 0 Å². The molecule has 0 fully saturated rings. The van der Waals surface area contributed by atoms with E-state index in [1.807, 2.05) is 12.3 Å². The van der Waals surface area contributed by atoms with Gasteiger partial charge in [0.25, 0.3) is 5.91 Å². The van der Waals surface area contributed by atoms with Crippen LogP contribution in [-0.2, 0) is 6.18 Å². The predicted octanol–water partition coefficient (Wildman–Crippen LogP) is 6.92. The van der Waals surface area contributed by atoms with Gasteiger partial charge in [-0.2, -0.15) is 13.2 Å². The van der Waals surface area contributed by atoms with Crippen molar-refractivity contribution in [3.63, 3.8) is 0 Å². The molecule has 2 aromatic carbocycles. The lowest BCUT2D eigenvalue weighted by atomic mass is 9.97. The normalized spacial score (nSPS) is 12.4. The number of anilines is 1. The lowest BCUT2D eigenvalue weighted by molar-refractivity contribution is -0.137. The van der Waals surface area contributed by atoms with Gasteiger partial charge in [0.15, 0.2) is 0 Å². The number of carbonyl (C=O) groups excluding carboxylic acids is 1. The van der Waals surface area contributed by atoms with Crippen LogP contribution in [0.15, 0.2) is 66.9 Å². The average Bonchev–Trinajstić information content (AvgIpc) is 2.74. The highest BCUT2D eigenvalue weighted by Gasteiger charge is 2.30. The van der Waals surface area contributed by atoms with Crippen LogP contribution in [0.25, 0.3) is 11.3 Å². The number of hydrogen-bond donors (Lipinski definition) is 1. The van der Waals surface area contributed by atoms with Gasteiger partial charge < -0.3 is 5.32 Å². The Morgan fingerprint density at radius 3 is 2.40 bits per heavy atom. The van der Waals surface area contributed by atoms with Gasteiger partial charge >= 0.3 is 6.18 Å². The minimum Gasteiger partial charge on any atom is -0.322 e. The first-order valence-electron chi connectivity index (χ1n) is 9.83. The van der Waals surface area contributed by atoms with Crippen LogP contribution in [0.4, 0.5) is 18.9 Å². The Bertz CT molecular complexity index is 996. The highest BCUT2D eigenvalue weighted by Crippen LogP contribution is 2.31. The Morgan fingerprint density at radius 2 is 1.80 bits per heavy atom. The Balaban J connectivity index is 1.70. The monoisotopic (exact) mass is 412 g/mol. The van der Waals surface area contributed by atoms with Crippen LogP contribution in [-0.4, -0.2) is 10.9 Å². The fourth-order valence-electron chi connectivity index (χ4n) is 3.24. The summed E-state index contributed by atoms with van der Waals surface area (Å²) in [6.45, 7) is 4.33. The molecule has 0 spiro atoms. The molecular formula is C24H23F3N2O. The summed E-state index contributed by atoms with van der Waals surface area (Å²) in [5.41, 5.74) is 2.49. The van der Waals surface area contributed by atoms with Crippen LogP contribution in [0.2, 0.25) is 0 Å². The minimum atomic E-state index is -4.46. The molecule has 1 unspecified atom stereocenters. The fraction of sp³-hybridized carbons (Fsp3) is 0.250. The Morgan fingerprint density at radius 1 is 1.07 bits per heavy atom. The maximum atomic E-state index is 12.8. The fourth-order valence-corrected chi connectivity index (χ4v) is 3.24. The molecule has 1 atom stereocenters. The number of carbonyl (C=O) groups is 1. The molecule has 1 aromatic heterocycles. The van der Waals surface area contributed by atoms with E-state index >= 15 is 0 Å². The molecule has 3 rings (SSSR count). The van der Waals surface area contributed by atoms with Crippen molar-refractivity contribution in [1.82, 2.24) is 4.98 Å². The van der Waals surface area contributed by atoms with Crippen molar-refractivity contribution in [1.29, 1.82) is 0 Å². The predicted molar refractivity (Wildman–Crippen MR) is 112 cm³/mol. The van der Waals surface area contributed by atoms with Gasteiger partial charge in [-0.05, 0) is 54.3 Å². The summed E-state index contributed by atoms with van der Waals surface area (Å²) in [6.07, 6.45) is -0.354. The third-order valence-corrected chi connectivity index (χ3v) is 4.97. The van der Waals surface area contributed by atoms with Crippen LogP contribution in [0, 0.1) is 0 Å². The SMILES string of the molecule is CCCC(C)c1ccc(-c2ccc(C(=O)Nc3cccc(C(F)(F)F)c3)cc2)nc1. The number of rotatable bonds is 6. The molecule has 30 heavy (non-hydrogen) atoms. The van der Waals surface area contributed by atoms with Gasteiger partial charge in [0.1, 0.15) is 0 Å². The Hall–Kier alpha value is -3.15. The largest absolute Gasteiger partial charge is 0.416 e. The number of amides is 1. The smallest absolute Gasteiger partial charge is 0.322 e. The first-order chi connectivity index (χ1) is 14.3. The molecule has 3 nitrogen and oxygen atoms in total. The van der Waals surface area contributed by atoms with Crippen molar-refractivity contribution in [2.45, 2.75) is 38.8 Å². The van der Waals surface area contributed by atoms with Crippen molar-refractivity contribution in [2.75, 3.05) is 5.32 Å². The summed E-state index contributed by atoms with van der Waals surface area (Å²) >= 11 is 0. The lowest BCUT2D eigenvalue weighted by Crippen LogP contribution is -2.13. The summed E-state index contributed by atoms with van der Waals surface area (Å²) in [7, 11) is 0. The summed E-state index contributed by atoms with van der Waals surface area (Å²) < 4.78 is 38.5. The zero-order valence-electron chi connectivity index (χ0n) is 16.8. The van der Waals surface area contributed by atoms with Gasteiger partial charge in [-0.1, -0.05) is 44.5 Å². The van der Waals surface area contributed by atoms with Crippen LogP contribution in [0.1, 0.15) is 54.1 Å². The number of benzene rings is 2. The van der Waals surface area contributed by atoms with Crippen molar-refractivity contribution in [3.05, 3.63) is 83.6 Å². The molecule has 156 valence electrons. The van der Waals surface area contributed by atoms with Crippen molar-refractivity contribution < 1.29 is 18.0 Å². The molecule has 0 saturated heterocycles. The second-order valence-corrected chi connectivity index (χ2v) is 7.28. The molecule has 0 aliphatic heterocycles. The molecule has 0 saturated carbocycles. The maximum absolute atomic E-state index is 12.8. The van der Waals surface area contributed by atoms with E-state index in [9.17, 15) is 18.0 Å². The Labute approximate surface area is 174 Å². The average molecular weight is 412 g/mol. The molecule has 6 heteroatoms. The molecule has 0 aliphatic rings. The van der Waals surface area contributed by atoms with Gasteiger partial charge in [0.05, 0.1) is 11.3 Å². The highest BCUT2D eigenvalue weighted by molar-refractivity contribution is 6.04. The second kappa shape index (κ2) is 9.11. The van der Waals surface area contributed by atoms with E-state index in [1.165, 1.54) is 17.7 Å². The van der Waals surface area contributed by atoms with Crippen molar-refractivity contribution in [3.8, 4) is 11.3 Å². The molecule has 1 N–H and O–H groups in total. The van der Waals surface area contributed by atoms with E-state index in [4.69, 9.17) is 0 Å². The number of aromatic nitrogens is 1. The van der Waals surface area contributed by atoms with Crippen molar-refractivity contribution >= 4 is 11.6 Å². The van der Waals surface area contributed by atoms with Gasteiger partial charge in [-0.3, -0.25) is 9.78 Å².